The van der Waals surface area contributed by atoms with E-state index in [1.54, 1.807) is 0 Å². The van der Waals surface area contributed by atoms with Crippen molar-refractivity contribution in [3.8, 4) is 0 Å². The van der Waals surface area contributed by atoms with Crippen molar-refractivity contribution >= 4 is 11.5 Å². The van der Waals surface area contributed by atoms with Gasteiger partial charge in [0.15, 0.2) is 0 Å². The summed E-state index contributed by atoms with van der Waals surface area (Å²) in [6.45, 7) is 2.06. The SMILES string of the molecule is Cc1ccc(C2=NN=C(N)C2)cc1. The van der Waals surface area contributed by atoms with Crippen molar-refractivity contribution in [2.75, 3.05) is 0 Å². The summed E-state index contributed by atoms with van der Waals surface area (Å²) >= 11 is 0. The molecule has 0 radical (unpaired) electrons. The van der Waals surface area contributed by atoms with E-state index in [9.17, 15) is 0 Å². The van der Waals surface area contributed by atoms with Crippen LogP contribution in [0.3, 0.4) is 0 Å². The summed E-state index contributed by atoms with van der Waals surface area (Å²) in [4.78, 5) is 0. The molecule has 66 valence electrons. The molecule has 0 saturated carbocycles. The smallest absolute Gasteiger partial charge is 0.128 e. The Bertz CT molecular complexity index is 374. The van der Waals surface area contributed by atoms with Crippen LogP contribution in [-0.2, 0) is 0 Å². The normalized spacial score (nSPS) is 15.5. The van der Waals surface area contributed by atoms with Crippen molar-refractivity contribution in [1.82, 2.24) is 0 Å². The van der Waals surface area contributed by atoms with Gasteiger partial charge in [-0.05, 0) is 12.5 Å². The Balaban J connectivity index is 2.24. The average molecular weight is 173 g/mol. The first-order valence-corrected chi connectivity index (χ1v) is 4.21. The first kappa shape index (κ1) is 7.98. The second-order valence-corrected chi connectivity index (χ2v) is 3.18. The molecule has 1 aromatic rings. The summed E-state index contributed by atoms with van der Waals surface area (Å²) in [5.74, 6) is 0.593. The minimum absolute atomic E-state index is 0.593. The Labute approximate surface area is 77.0 Å². The number of nitrogens with zero attached hydrogens (tertiary/aromatic N) is 2. The highest BCUT2D eigenvalue weighted by atomic mass is 15.3. The van der Waals surface area contributed by atoms with Gasteiger partial charge in [0, 0.05) is 0 Å². The molecule has 1 aromatic carbocycles. The van der Waals surface area contributed by atoms with Crippen LogP contribution in [0.2, 0.25) is 0 Å². The predicted molar refractivity (Wildman–Crippen MR) is 54.0 cm³/mol. The summed E-state index contributed by atoms with van der Waals surface area (Å²) < 4.78 is 0. The number of rotatable bonds is 1. The molecule has 2 rings (SSSR count). The molecule has 13 heavy (non-hydrogen) atoms. The van der Waals surface area contributed by atoms with Gasteiger partial charge in [0.05, 0.1) is 12.1 Å². The standard InChI is InChI=1S/C10H11N3/c1-7-2-4-8(5-3-7)9-6-10(11)13-12-9/h2-5H,6H2,1H3,(H2,11,13). The highest BCUT2D eigenvalue weighted by Crippen LogP contribution is 2.10. The van der Waals surface area contributed by atoms with E-state index in [1.165, 1.54) is 5.56 Å². The summed E-state index contributed by atoms with van der Waals surface area (Å²) in [6, 6.07) is 8.21. The highest BCUT2D eigenvalue weighted by molar-refractivity contribution is 6.13. The lowest BCUT2D eigenvalue weighted by Gasteiger charge is -1.99. The van der Waals surface area contributed by atoms with Crippen molar-refractivity contribution in [1.29, 1.82) is 0 Å². The number of nitrogens with two attached hydrogens (primary N) is 1. The van der Waals surface area contributed by atoms with Crippen LogP contribution in [0.4, 0.5) is 0 Å². The number of hydrogen-bond acceptors (Lipinski definition) is 3. The molecule has 0 amide bonds. The molecule has 3 nitrogen and oxygen atoms in total. The average Bonchev–Trinajstić information content (AvgIpc) is 2.53. The minimum Gasteiger partial charge on any atom is -0.385 e. The molecule has 0 saturated heterocycles. The van der Waals surface area contributed by atoms with E-state index in [0.29, 0.717) is 12.3 Å². The van der Waals surface area contributed by atoms with Crippen LogP contribution >= 0.6 is 0 Å². The molecule has 2 N–H and O–H groups in total. The Morgan fingerprint density at radius 1 is 1.15 bits per heavy atom. The lowest BCUT2D eigenvalue weighted by Crippen LogP contribution is -2.12. The number of amidine groups is 1. The van der Waals surface area contributed by atoms with Crippen LogP contribution in [0.5, 0.6) is 0 Å². The van der Waals surface area contributed by atoms with Gasteiger partial charge in [0.1, 0.15) is 5.84 Å². The van der Waals surface area contributed by atoms with Crippen molar-refractivity contribution in [3.05, 3.63) is 35.4 Å². The van der Waals surface area contributed by atoms with Crippen molar-refractivity contribution in [2.24, 2.45) is 15.9 Å². The summed E-state index contributed by atoms with van der Waals surface area (Å²) in [7, 11) is 0. The molecule has 0 aromatic heterocycles. The van der Waals surface area contributed by atoms with Crippen molar-refractivity contribution < 1.29 is 0 Å². The molecule has 1 aliphatic heterocycles. The lowest BCUT2D eigenvalue weighted by molar-refractivity contribution is 1.25. The quantitative estimate of drug-likeness (QED) is 0.686. The van der Waals surface area contributed by atoms with Crippen molar-refractivity contribution in [2.45, 2.75) is 13.3 Å². The lowest BCUT2D eigenvalue weighted by atomic mass is 10.1. The fraction of sp³-hybridized carbons (Fsp3) is 0.200. The third kappa shape index (κ3) is 1.59. The molecule has 1 aliphatic rings. The third-order valence-electron chi connectivity index (χ3n) is 2.03. The molecule has 0 fully saturated rings. The first-order chi connectivity index (χ1) is 6.25. The van der Waals surface area contributed by atoms with Gasteiger partial charge in [0.25, 0.3) is 0 Å². The Kier molecular flexibility index (Phi) is 1.85. The fourth-order valence-electron chi connectivity index (χ4n) is 1.27. The molecule has 3 heteroatoms. The molecule has 0 spiro atoms. The van der Waals surface area contributed by atoms with E-state index < -0.39 is 0 Å². The topological polar surface area (TPSA) is 50.7 Å². The number of aryl methyl sites for hydroxylation is 1. The van der Waals surface area contributed by atoms with Crippen LogP contribution in [-0.4, -0.2) is 11.5 Å². The Morgan fingerprint density at radius 3 is 2.38 bits per heavy atom. The molecule has 0 bridgehead atoms. The fourth-order valence-corrected chi connectivity index (χ4v) is 1.27. The zero-order valence-corrected chi connectivity index (χ0v) is 7.49. The van der Waals surface area contributed by atoms with Crippen LogP contribution in [0, 0.1) is 6.92 Å². The van der Waals surface area contributed by atoms with Gasteiger partial charge in [-0.3, -0.25) is 0 Å². The van der Waals surface area contributed by atoms with Gasteiger partial charge in [0.2, 0.25) is 0 Å². The third-order valence-corrected chi connectivity index (χ3v) is 2.03. The second-order valence-electron chi connectivity index (χ2n) is 3.18. The number of benzene rings is 1. The van der Waals surface area contributed by atoms with E-state index in [4.69, 9.17) is 5.73 Å². The molecule has 0 unspecified atom stereocenters. The molecule has 0 aliphatic carbocycles. The molecule has 0 atom stereocenters. The maximum Gasteiger partial charge on any atom is 0.128 e. The van der Waals surface area contributed by atoms with Gasteiger partial charge in [-0.25, -0.2) is 0 Å². The summed E-state index contributed by atoms with van der Waals surface area (Å²) in [5, 5.41) is 7.80. The van der Waals surface area contributed by atoms with E-state index in [-0.39, 0.29) is 0 Å². The van der Waals surface area contributed by atoms with E-state index in [2.05, 4.69) is 29.3 Å². The minimum atomic E-state index is 0.593. The molecular weight excluding hydrogens is 162 g/mol. The second kappa shape index (κ2) is 3.01. The Morgan fingerprint density at radius 2 is 1.85 bits per heavy atom. The van der Waals surface area contributed by atoms with E-state index >= 15 is 0 Å². The van der Waals surface area contributed by atoms with Gasteiger partial charge >= 0.3 is 0 Å². The van der Waals surface area contributed by atoms with Gasteiger partial charge in [-0.2, -0.15) is 5.10 Å². The molecule has 1 heterocycles. The van der Waals surface area contributed by atoms with E-state index in [0.717, 1.165) is 11.3 Å². The maximum absolute atomic E-state index is 5.53. The van der Waals surface area contributed by atoms with Gasteiger partial charge in [-0.15, -0.1) is 5.10 Å². The Hall–Kier alpha value is -1.64. The maximum atomic E-state index is 5.53. The van der Waals surface area contributed by atoms with Gasteiger partial charge in [-0.1, -0.05) is 29.8 Å². The summed E-state index contributed by atoms with van der Waals surface area (Å²) in [5.41, 5.74) is 8.84. The summed E-state index contributed by atoms with van der Waals surface area (Å²) in [6.07, 6.45) is 0.670. The number of hydrogen-bond donors (Lipinski definition) is 1. The highest BCUT2D eigenvalue weighted by Gasteiger charge is 2.10. The zero-order chi connectivity index (χ0) is 9.26. The van der Waals surface area contributed by atoms with Crippen LogP contribution < -0.4 is 5.73 Å². The first-order valence-electron chi connectivity index (χ1n) is 4.21. The monoisotopic (exact) mass is 173 g/mol. The van der Waals surface area contributed by atoms with E-state index in [1.807, 2.05) is 12.1 Å². The van der Waals surface area contributed by atoms with Crippen LogP contribution in [0.15, 0.2) is 34.5 Å². The molecular formula is C10H11N3. The van der Waals surface area contributed by atoms with Crippen LogP contribution in [0.25, 0.3) is 0 Å². The van der Waals surface area contributed by atoms with Gasteiger partial charge < -0.3 is 5.73 Å². The van der Waals surface area contributed by atoms with Crippen molar-refractivity contribution in [3.63, 3.8) is 0 Å². The predicted octanol–water partition coefficient (Wildman–Crippen LogP) is 1.46. The zero-order valence-electron chi connectivity index (χ0n) is 7.49. The van der Waals surface area contributed by atoms with Crippen LogP contribution in [0.1, 0.15) is 17.5 Å². The largest absolute Gasteiger partial charge is 0.385 e.